The standard InChI is InChI=1S/C17H23N5O2S/c23-16(21-7-6-17(24)5-2-1-3-14(17)10-21)9-15(13-4-8-25-11-13)22-12-18-19-20-22/h4,8,11-12,14-15,24H,1-3,5-7,9-10H2. The molecule has 7 nitrogen and oxygen atoms in total. The number of hydrogen-bond donors (Lipinski definition) is 1. The second-order valence-electron chi connectivity index (χ2n) is 7.20. The Kier molecular flexibility index (Phi) is 4.56. The van der Waals surface area contributed by atoms with Gasteiger partial charge in [-0.3, -0.25) is 4.79 Å². The lowest BCUT2D eigenvalue weighted by Crippen LogP contribution is -2.54. The zero-order valence-electron chi connectivity index (χ0n) is 14.1. The zero-order chi connectivity index (χ0) is 17.3. The number of carbonyl (C=O) groups excluding carboxylic acids is 1. The number of nitrogens with zero attached hydrogens (tertiary/aromatic N) is 5. The van der Waals surface area contributed by atoms with Crippen LogP contribution in [-0.4, -0.2) is 54.8 Å². The fraction of sp³-hybridized carbons (Fsp3) is 0.647. The fourth-order valence-electron chi connectivity index (χ4n) is 4.23. The Labute approximate surface area is 150 Å². The quantitative estimate of drug-likeness (QED) is 0.899. The average Bonchev–Trinajstić information content (AvgIpc) is 3.32. The number of piperidine rings is 1. The van der Waals surface area contributed by atoms with Crippen molar-refractivity contribution in [3.05, 3.63) is 28.7 Å². The van der Waals surface area contributed by atoms with E-state index in [-0.39, 0.29) is 17.9 Å². The van der Waals surface area contributed by atoms with Gasteiger partial charge in [-0.1, -0.05) is 12.8 Å². The first-order valence-corrected chi connectivity index (χ1v) is 9.85. The summed E-state index contributed by atoms with van der Waals surface area (Å²) in [6.45, 7) is 1.30. The molecule has 1 amide bonds. The van der Waals surface area contributed by atoms with Crippen LogP contribution in [0.15, 0.2) is 23.2 Å². The lowest BCUT2D eigenvalue weighted by atomic mass is 9.71. The van der Waals surface area contributed by atoms with Crippen LogP contribution in [0.4, 0.5) is 0 Å². The minimum Gasteiger partial charge on any atom is -0.389 e. The van der Waals surface area contributed by atoms with Gasteiger partial charge < -0.3 is 10.0 Å². The molecule has 1 aliphatic carbocycles. The first kappa shape index (κ1) is 16.7. The van der Waals surface area contributed by atoms with Gasteiger partial charge >= 0.3 is 0 Å². The third-order valence-electron chi connectivity index (χ3n) is 5.76. The molecular formula is C17H23N5O2S. The Morgan fingerprint density at radius 3 is 3.12 bits per heavy atom. The van der Waals surface area contributed by atoms with Crippen molar-refractivity contribution in [3.8, 4) is 0 Å². The number of hydrogen-bond acceptors (Lipinski definition) is 6. The van der Waals surface area contributed by atoms with Crippen LogP contribution in [0, 0.1) is 5.92 Å². The van der Waals surface area contributed by atoms with Crippen LogP contribution in [0.25, 0.3) is 0 Å². The first-order valence-electron chi connectivity index (χ1n) is 8.90. The fourth-order valence-corrected chi connectivity index (χ4v) is 4.94. The summed E-state index contributed by atoms with van der Waals surface area (Å²) in [5.41, 5.74) is 0.495. The average molecular weight is 361 g/mol. The normalized spacial score (nSPS) is 27.7. The van der Waals surface area contributed by atoms with Crippen LogP contribution in [0.2, 0.25) is 0 Å². The Morgan fingerprint density at radius 1 is 1.44 bits per heavy atom. The van der Waals surface area contributed by atoms with Crippen LogP contribution in [0.5, 0.6) is 0 Å². The molecule has 0 spiro atoms. The van der Waals surface area contributed by atoms with Crippen LogP contribution < -0.4 is 0 Å². The van der Waals surface area contributed by atoms with E-state index in [2.05, 4.69) is 15.5 Å². The molecule has 2 aromatic heterocycles. The van der Waals surface area contributed by atoms with Gasteiger partial charge in [0.1, 0.15) is 6.33 Å². The lowest BCUT2D eigenvalue weighted by molar-refractivity contribution is -0.143. The van der Waals surface area contributed by atoms with Gasteiger partial charge in [-0.05, 0) is 52.1 Å². The number of aromatic nitrogens is 4. The van der Waals surface area contributed by atoms with E-state index in [4.69, 9.17) is 0 Å². The minimum absolute atomic E-state index is 0.110. The van der Waals surface area contributed by atoms with Crippen molar-refractivity contribution >= 4 is 17.2 Å². The van der Waals surface area contributed by atoms with E-state index >= 15 is 0 Å². The summed E-state index contributed by atoms with van der Waals surface area (Å²) in [6.07, 6.45) is 6.73. The van der Waals surface area contributed by atoms with Crippen molar-refractivity contribution < 1.29 is 9.90 Å². The molecule has 25 heavy (non-hydrogen) atoms. The molecule has 1 aliphatic heterocycles. The second kappa shape index (κ2) is 6.84. The van der Waals surface area contributed by atoms with Crippen molar-refractivity contribution in [2.24, 2.45) is 5.92 Å². The van der Waals surface area contributed by atoms with Gasteiger partial charge in [-0.15, -0.1) is 5.10 Å². The summed E-state index contributed by atoms with van der Waals surface area (Å²) in [5.74, 6) is 0.325. The van der Waals surface area contributed by atoms with Crippen LogP contribution >= 0.6 is 11.3 Å². The summed E-state index contributed by atoms with van der Waals surface area (Å²) in [6, 6.07) is 1.83. The number of tetrazole rings is 1. The number of carbonyl (C=O) groups is 1. The Balaban J connectivity index is 1.47. The first-order chi connectivity index (χ1) is 12.2. The summed E-state index contributed by atoms with van der Waals surface area (Å²) in [5, 5.41) is 26.3. The predicted molar refractivity (Wildman–Crippen MR) is 93.0 cm³/mol. The van der Waals surface area contributed by atoms with Gasteiger partial charge in [0.05, 0.1) is 18.1 Å². The monoisotopic (exact) mass is 361 g/mol. The molecule has 2 fully saturated rings. The summed E-state index contributed by atoms with van der Waals surface area (Å²) in [4.78, 5) is 14.9. The number of rotatable bonds is 4. The summed E-state index contributed by atoms with van der Waals surface area (Å²) >= 11 is 1.60. The molecule has 2 aliphatic rings. The van der Waals surface area contributed by atoms with Crippen LogP contribution in [0.3, 0.4) is 0 Å². The SMILES string of the molecule is O=C(CC(c1ccsc1)n1cnnn1)N1CCC2(O)CCCCC2C1. The highest BCUT2D eigenvalue weighted by molar-refractivity contribution is 7.07. The second-order valence-corrected chi connectivity index (χ2v) is 7.98. The number of likely N-dealkylation sites (tertiary alicyclic amines) is 1. The minimum atomic E-state index is -0.558. The maximum atomic E-state index is 12.9. The van der Waals surface area contributed by atoms with E-state index in [1.807, 2.05) is 21.7 Å². The molecule has 2 aromatic rings. The molecule has 1 saturated heterocycles. The summed E-state index contributed by atoms with van der Waals surface area (Å²) in [7, 11) is 0. The lowest BCUT2D eigenvalue weighted by Gasteiger charge is -2.47. The maximum Gasteiger partial charge on any atom is 0.225 e. The molecule has 3 unspecified atom stereocenters. The third-order valence-corrected chi connectivity index (χ3v) is 6.46. The van der Waals surface area contributed by atoms with E-state index in [1.165, 1.54) is 0 Å². The van der Waals surface area contributed by atoms with Gasteiger partial charge in [-0.25, -0.2) is 4.68 Å². The number of amides is 1. The molecule has 134 valence electrons. The van der Waals surface area contributed by atoms with E-state index in [1.54, 1.807) is 22.3 Å². The number of fused-ring (bicyclic) bond motifs is 1. The third kappa shape index (κ3) is 3.32. The molecule has 3 atom stereocenters. The van der Waals surface area contributed by atoms with Gasteiger partial charge in [0.25, 0.3) is 0 Å². The zero-order valence-corrected chi connectivity index (χ0v) is 14.9. The van der Waals surface area contributed by atoms with E-state index < -0.39 is 5.60 Å². The van der Waals surface area contributed by atoms with E-state index in [9.17, 15) is 9.90 Å². The molecule has 3 heterocycles. The Hall–Kier alpha value is -1.80. The maximum absolute atomic E-state index is 12.9. The molecule has 0 radical (unpaired) electrons. The molecule has 4 rings (SSSR count). The predicted octanol–water partition coefficient (Wildman–Crippen LogP) is 1.87. The van der Waals surface area contributed by atoms with Gasteiger partial charge in [0.2, 0.25) is 5.91 Å². The van der Waals surface area contributed by atoms with Crippen LogP contribution in [0.1, 0.15) is 50.1 Å². The smallest absolute Gasteiger partial charge is 0.225 e. The molecule has 1 N–H and O–H groups in total. The van der Waals surface area contributed by atoms with Gasteiger partial charge in [0.15, 0.2) is 0 Å². The van der Waals surface area contributed by atoms with Crippen molar-refractivity contribution in [1.29, 1.82) is 0 Å². The van der Waals surface area contributed by atoms with Crippen molar-refractivity contribution in [1.82, 2.24) is 25.1 Å². The highest BCUT2D eigenvalue weighted by Gasteiger charge is 2.43. The van der Waals surface area contributed by atoms with Gasteiger partial charge in [-0.2, -0.15) is 11.3 Å². The number of thiophene rings is 1. The molecule has 8 heteroatoms. The molecule has 1 saturated carbocycles. The topological polar surface area (TPSA) is 84.1 Å². The highest BCUT2D eigenvalue weighted by Crippen LogP contribution is 2.40. The number of aliphatic hydroxyl groups is 1. The Bertz CT molecular complexity index is 670. The molecule has 0 aromatic carbocycles. The molecule has 0 bridgehead atoms. The Morgan fingerprint density at radius 2 is 2.36 bits per heavy atom. The van der Waals surface area contributed by atoms with Crippen molar-refractivity contribution in [2.75, 3.05) is 13.1 Å². The highest BCUT2D eigenvalue weighted by atomic mass is 32.1. The van der Waals surface area contributed by atoms with E-state index in [0.717, 1.165) is 31.2 Å². The van der Waals surface area contributed by atoms with Gasteiger partial charge in [0, 0.05) is 19.0 Å². The van der Waals surface area contributed by atoms with Crippen LogP contribution in [-0.2, 0) is 4.79 Å². The summed E-state index contributed by atoms with van der Waals surface area (Å²) < 4.78 is 1.65. The van der Waals surface area contributed by atoms with Crippen molar-refractivity contribution in [3.63, 3.8) is 0 Å². The van der Waals surface area contributed by atoms with Crippen molar-refractivity contribution in [2.45, 2.75) is 50.2 Å². The van der Waals surface area contributed by atoms with E-state index in [0.29, 0.717) is 25.9 Å². The largest absolute Gasteiger partial charge is 0.389 e. The molecular weight excluding hydrogens is 338 g/mol.